The molecule has 0 amide bonds. The highest BCUT2D eigenvalue weighted by Crippen LogP contribution is 2.42. The van der Waals surface area contributed by atoms with Gasteiger partial charge in [0.2, 0.25) is 10.0 Å². The zero-order valence-corrected chi connectivity index (χ0v) is 11.9. The van der Waals surface area contributed by atoms with Gasteiger partial charge in [0.25, 0.3) is 5.71 Å². The van der Waals surface area contributed by atoms with E-state index in [0.29, 0.717) is 11.1 Å². The lowest BCUT2D eigenvalue weighted by Crippen LogP contribution is -2.38. The van der Waals surface area contributed by atoms with Crippen LogP contribution in [0.5, 0.6) is 0 Å². The fraction of sp³-hybridized carbons (Fsp3) is 0.417. The molecule has 112 valence electrons. The molecule has 1 fully saturated rings. The molecule has 0 saturated heterocycles. The average Bonchev–Trinajstić information content (AvgIpc) is 3.17. The molecule has 2 heterocycles. The SMILES string of the molecule is C[C@H](NS(=O)(=O)c1cnc2onc(C3CC3)c2c1)C(=O)O. The summed E-state index contributed by atoms with van der Waals surface area (Å²) in [6, 6.07) is 0.194. The number of carbonyl (C=O) groups is 1. The number of hydrogen-bond donors (Lipinski definition) is 2. The van der Waals surface area contributed by atoms with Gasteiger partial charge >= 0.3 is 5.97 Å². The lowest BCUT2D eigenvalue weighted by atomic mass is 10.2. The molecule has 8 nitrogen and oxygen atoms in total. The molecule has 0 aromatic carbocycles. The second kappa shape index (κ2) is 4.78. The highest BCUT2D eigenvalue weighted by atomic mass is 32.2. The van der Waals surface area contributed by atoms with E-state index in [1.54, 1.807) is 0 Å². The van der Waals surface area contributed by atoms with E-state index in [-0.39, 0.29) is 16.5 Å². The molecule has 1 saturated carbocycles. The average molecular weight is 311 g/mol. The van der Waals surface area contributed by atoms with Gasteiger partial charge in [0.05, 0.1) is 17.3 Å². The first kappa shape index (κ1) is 14.0. The van der Waals surface area contributed by atoms with Crippen LogP contribution in [0.15, 0.2) is 21.7 Å². The molecule has 2 N–H and O–H groups in total. The number of nitrogens with one attached hydrogen (secondary N) is 1. The van der Waals surface area contributed by atoms with Gasteiger partial charge in [-0.05, 0) is 25.8 Å². The Morgan fingerprint density at radius 2 is 2.24 bits per heavy atom. The van der Waals surface area contributed by atoms with Crippen molar-refractivity contribution in [1.29, 1.82) is 0 Å². The number of carboxylic acid groups (broad SMARTS) is 1. The summed E-state index contributed by atoms with van der Waals surface area (Å²) < 4.78 is 31.4. The van der Waals surface area contributed by atoms with Crippen LogP contribution in [0.3, 0.4) is 0 Å². The number of aliphatic carboxylic acids is 1. The fourth-order valence-electron chi connectivity index (χ4n) is 1.98. The van der Waals surface area contributed by atoms with Gasteiger partial charge < -0.3 is 9.63 Å². The fourth-order valence-corrected chi connectivity index (χ4v) is 3.15. The maximum atomic E-state index is 12.1. The summed E-state index contributed by atoms with van der Waals surface area (Å²) in [5.41, 5.74) is 0.989. The van der Waals surface area contributed by atoms with E-state index in [0.717, 1.165) is 19.0 Å². The molecule has 2 aromatic heterocycles. The summed E-state index contributed by atoms with van der Waals surface area (Å²) in [6.45, 7) is 1.25. The molecule has 0 spiro atoms. The van der Waals surface area contributed by atoms with Crippen molar-refractivity contribution in [3.8, 4) is 0 Å². The van der Waals surface area contributed by atoms with Crippen molar-refractivity contribution in [3.05, 3.63) is 18.0 Å². The van der Waals surface area contributed by atoms with E-state index < -0.39 is 22.0 Å². The first-order valence-electron chi connectivity index (χ1n) is 6.39. The van der Waals surface area contributed by atoms with Crippen LogP contribution in [-0.2, 0) is 14.8 Å². The van der Waals surface area contributed by atoms with E-state index in [2.05, 4.69) is 14.9 Å². The minimum atomic E-state index is -3.96. The number of carboxylic acids is 1. The minimum absolute atomic E-state index is 0.104. The lowest BCUT2D eigenvalue weighted by molar-refractivity contribution is -0.138. The second-order valence-corrected chi connectivity index (χ2v) is 6.76. The van der Waals surface area contributed by atoms with Gasteiger partial charge in [-0.3, -0.25) is 4.79 Å². The smallest absolute Gasteiger partial charge is 0.321 e. The normalized spacial score (nSPS) is 17.0. The molecule has 9 heteroatoms. The largest absolute Gasteiger partial charge is 0.480 e. The van der Waals surface area contributed by atoms with Crippen LogP contribution in [-0.4, -0.2) is 35.7 Å². The highest BCUT2D eigenvalue weighted by molar-refractivity contribution is 7.89. The molecular formula is C12H13N3O5S. The van der Waals surface area contributed by atoms with Crippen molar-refractivity contribution in [2.75, 3.05) is 0 Å². The summed E-state index contributed by atoms with van der Waals surface area (Å²) >= 11 is 0. The van der Waals surface area contributed by atoms with E-state index in [9.17, 15) is 13.2 Å². The lowest BCUT2D eigenvalue weighted by Gasteiger charge is -2.09. The van der Waals surface area contributed by atoms with Gasteiger partial charge in [0.1, 0.15) is 10.9 Å². The van der Waals surface area contributed by atoms with Crippen LogP contribution in [0.2, 0.25) is 0 Å². The van der Waals surface area contributed by atoms with E-state index in [1.165, 1.54) is 13.0 Å². The van der Waals surface area contributed by atoms with E-state index in [4.69, 9.17) is 9.63 Å². The van der Waals surface area contributed by atoms with Crippen LogP contribution in [0.4, 0.5) is 0 Å². The number of rotatable bonds is 5. The summed E-state index contributed by atoms with van der Waals surface area (Å²) in [7, 11) is -3.96. The minimum Gasteiger partial charge on any atom is -0.480 e. The van der Waals surface area contributed by atoms with Crippen LogP contribution < -0.4 is 4.72 Å². The van der Waals surface area contributed by atoms with Crippen molar-refractivity contribution in [3.63, 3.8) is 0 Å². The van der Waals surface area contributed by atoms with Crippen molar-refractivity contribution < 1.29 is 22.8 Å². The van der Waals surface area contributed by atoms with Gasteiger partial charge in [-0.15, -0.1) is 0 Å². The maximum absolute atomic E-state index is 12.1. The number of pyridine rings is 1. The van der Waals surface area contributed by atoms with Gasteiger partial charge in [-0.25, -0.2) is 13.4 Å². The first-order chi connectivity index (χ1) is 9.88. The molecule has 3 rings (SSSR count). The Balaban J connectivity index is 1.99. The van der Waals surface area contributed by atoms with Crippen molar-refractivity contribution in [1.82, 2.24) is 14.9 Å². The number of nitrogens with zero attached hydrogens (tertiary/aromatic N) is 2. The third-order valence-electron chi connectivity index (χ3n) is 3.31. The standard InChI is InChI=1S/C12H13N3O5S/c1-6(12(16)17)15-21(18,19)8-4-9-10(7-2-3-7)14-20-11(9)13-5-8/h4-7,15H,2-3H2,1H3,(H,16,17)/t6-/m0/s1. The summed E-state index contributed by atoms with van der Waals surface area (Å²) in [6.07, 6.45) is 3.11. The van der Waals surface area contributed by atoms with Crippen LogP contribution in [0.1, 0.15) is 31.4 Å². The van der Waals surface area contributed by atoms with Gasteiger partial charge in [0.15, 0.2) is 0 Å². The third kappa shape index (κ3) is 2.61. The molecular weight excluding hydrogens is 298 g/mol. The Hall–Kier alpha value is -2.00. The third-order valence-corrected chi connectivity index (χ3v) is 4.82. The first-order valence-corrected chi connectivity index (χ1v) is 7.87. The Morgan fingerprint density at radius 3 is 2.86 bits per heavy atom. The summed E-state index contributed by atoms with van der Waals surface area (Å²) in [4.78, 5) is 14.6. The van der Waals surface area contributed by atoms with Crippen molar-refractivity contribution in [2.45, 2.75) is 36.6 Å². The molecule has 0 bridgehead atoms. The molecule has 1 aliphatic carbocycles. The maximum Gasteiger partial charge on any atom is 0.321 e. The molecule has 1 aliphatic rings. The molecule has 0 radical (unpaired) electrons. The van der Waals surface area contributed by atoms with Gasteiger partial charge in [-0.2, -0.15) is 4.72 Å². The molecule has 21 heavy (non-hydrogen) atoms. The highest BCUT2D eigenvalue weighted by Gasteiger charge is 2.30. The van der Waals surface area contributed by atoms with Crippen molar-refractivity contribution >= 4 is 27.1 Å². The summed E-state index contributed by atoms with van der Waals surface area (Å²) in [5, 5.41) is 13.3. The van der Waals surface area contributed by atoms with Crippen LogP contribution in [0.25, 0.3) is 11.1 Å². The monoisotopic (exact) mass is 311 g/mol. The molecule has 1 atom stereocenters. The Morgan fingerprint density at radius 1 is 1.52 bits per heavy atom. The molecule has 0 unspecified atom stereocenters. The van der Waals surface area contributed by atoms with Crippen molar-refractivity contribution in [2.24, 2.45) is 0 Å². The van der Waals surface area contributed by atoms with E-state index in [1.807, 2.05) is 0 Å². The Labute approximate surface area is 120 Å². The van der Waals surface area contributed by atoms with Gasteiger partial charge in [0, 0.05) is 5.92 Å². The number of fused-ring (bicyclic) bond motifs is 1. The van der Waals surface area contributed by atoms with Gasteiger partial charge in [-0.1, -0.05) is 5.16 Å². The van der Waals surface area contributed by atoms with E-state index >= 15 is 0 Å². The topological polar surface area (TPSA) is 122 Å². The summed E-state index contributed by atoms with van der Waals surface area (Å²) in [5.74, 6) is -0.965. The zero-order valence-electron chi connectivity index (χ0n) is 11.1. The molecule has 0 aliphatic heterocycles. The number of hydrogen-bond acceptors (Lipinski definition) is 6. The second-order valence-electron chi connectivity index (χ2n) is 5.05. The quantitative estimate of drug-likeness (QED) is 0.839. The van der Waals surface area contributed by atoms with Crippen LogP contribution in [0, 0.1) is 0 Å². The predicted octanol–water partition coefficient (Wildman–Crippen LogP) is 0.852. The Kier molecular flexibility index (Phi) is 3.18. The number of sulfonamides is 1. The number of aromatic nitrogens is 2. The Bertz CT molecular complexity index is 809. The molecule has 2 aromatic rings. The zero-order chi connectivity index (χ0) is 15.2. The van der Waals surface area contributed by atoms with Crippen LogP contribution >= 0.6 is 0 Å². The predicted molar refractivity (Wildman–Crippen MR) is 71.2 cm³/mol.